The van der Waals surface area contributed by atoms with Crippen molar-refractivity contribution >= 4 is 34.7 Å². The molecule has 5 N–H and O–H groups in total. The van der Waals surface area contributed by atoms with Crippen LogP contribution in [-0.4, -0.2) is 32.7 Å². The highest BCUT2D eigenvalue weighted by atomic mass is 35.5. The highest BCUT2D eigenvalue weighted by molar-refractivity contribution is 6.31. The highest BCUT2D eigenvalue weighted by Crippen LogP contribution is 2.44. The number of H-pyrrole nitrogens is 1. The van der Waals surface area contributed by atoms with Gasteiger partial charge in [0.25, 0.3) is 5.91 Å². The van der Waals surface area contributed by atoms with Gasteiger partial charge in [-0.05, 0) is 49.1 Å². The molecule has 3 aromatic rings. The number of carbonyl (C=O) groups excluding carboxylic acids is 2. The molecular weight excluding hydrogens is 464 g/mol. The number of hydrogen-bond donors (Lipinski definition) is 3. The van der Waals surface area contributed by atoms with E-state index in [1.165, 1.54) is 30.3 Å². The zero-order valence-electron chi connectivity index (χ0n) is 17.8. The first-order chi connectivity index (χ1) is 16.2. The normalized spacial score (nSPS) is 19.8. The lowest BCUT2D eigenvalue weighted by atomic mass is 9.92. The number of rotatable bonds is 4. The molecule has 0 aliphatic carbocycles. The number of primary amides is 1. The Hall–Kier alpha value is -3.72. The van der Waals surface area contributed by atoms with Crippen LogP contribution in [0.25, 0.3) is 16.8 Å². The molecule has 2 amide bonds. The average Bonchev–Trinajstić information content (AvgIpc) is 3.44. The van der Waals surface area contributed by atoms with E-state index < -0.39 is 17.5 Å². The lowest BCUT2D eigenvalue weighted by molar-refractivity contribution is -0.129. The highest BCUT2D eigenvalue weighted by Gasteiger charge is 2.42. The van der Waals surface area contributed by atoms with Crippen molar-refractivity contribution in [3.05, 3.63) is 76.2 Å². The third-order valence-electron chi connectivity index (χ3n) is 6.42. The van der Waals surface area contributed by atoms with Gasteiger partial charge in [0.1, 0.15) is 11.6 Å². The monoisotopic (exact) mass is 483 g/mol. The Morgan fingerprint density at radius 2 is 2.00 bits per heavy atom. The Morgan fingerprint density at radius 1 is 1.21 bits per heavy atom. The molecule has 5 rings (SSSR count). The van der Waals surface area contributed by atoms with Gasteiger partial charge in [-0.25, -0.2) is 13.8 Å². The molecule has 1 fully saturated rings. The van der Waals surface area contributed by atoms with Crippen molar-refractivity contribution in [2.75, 3.05) is 5.73 Å². The number of amides is 2. The number of benzene rings is 2. The number of hydrogen-bond acceptors (Lipinski definition) is 4. The van der Waals surface area contributed by atoms with E-state index in [4.69, 9.17) is 23.1 Å². The Kier molecular flexibility index (Phi) is 5.36. The number of nitrogen functional groups attached to an aromatic ring is 1. The summed E-state index contributed by atoms with van der Waals surface area (Å²) < 4.78 is 28.9. The smallest absolute Gasteiger partial charge is 0.251 e. The first-order valence-corrected chi connectivity index (χ1v) is 11.0. The SMILES string of the molecule is NC(=O)c1ccc(-c2cnc([C@@H]3CCC4CC(c5c(N)ccc(Cl)c5F)=CC(=O)N43)[nH]2)cc1F. The van der Waals surface area contributed by atoms with Gasteiger partial charge >= 0.3 is 0 Å². The molecular formula is C24H20ClF2N5O2. The number of nitrogens with one attached hydrogen (secondary N) is 1. The molecule has 34 heavy (non-hydrogen) atoms. The number of fused-ring (bicyclic) bond motifs is 1. The molecule has 0 spiro atoms. The number of anilines is 1. The topological polar surface area (TPSA) is 118 Å². The number of nitrogens with zero attached hydrogens (tertiary/aromatic N) is 2. The summed E-state index contributed by atoms with van der Waals surface area (Å²) in [4.78, 5) is 33.7. The van der Waals surface area contributed by atoms with E-state index in [1.807, 2.05) is 0 Å². The van der Waals surface area contributed by atoms with Crippen LogP contribution in [0.1, 0.15) is 47.1 Å². The number of imidazole rings is 1. The average molecular weight is 484 g/mol. The van der Waals surface area contributed by atoms with Gasteiger partial charge in [-0.3, -0.25) is 9.59 Å². The van der Waals surface area contributed by atoms with Gasteiger partial charge in [0.15, 0.2) is 5.82 Å². The molecule has 2 atom stereocenters. The first-order valence-electron chi connectivity index (χ1n) is 10.7. The summed E-state index contributed by atoms with van der Waals surface area (Å²) in [6.45, 7) is 0. The second kappa shape index (κ2) is 8.25. The van der Waals surface area contributed by atoms with E-state index in [9.17, 15) is 18.4 Å². The number of halogens is 3. The van der Waals surface area contributed by atoms with Gasteiger partial charge in [0.05, 0.1) is 28.5 Å². The molecule has 10 heteroatoms. The summed E-state index contributed by atoms with van der Waals surface area (Å²) in [6, 6.07) is 6.57. The zero-order valence-corrected chi connectivity index (χ0v) is 18.6. The van der Waals surface area contributed by atoms with Crippen molar-refractivity contribution in [3.8, 4) is 11.3 Å². The van der Waals surface area contributed by atoms with Crippen LogP contribution in [-0.2, 0) is 4.79 Å². The molecule has 7 nitrogen and oxygen atoms in total. The molecule has 0 saturated carbocycles. The van der Waals surface area contributed by atoms with Gasteiger partial charge in [-0.15, -0.1) is 0 Å². The predicted molar refractivity (Wildman–Crippen MR) is 124 cm³/mol. The molecule has 1 unspecified atom stereocenters. The van der Waals surface area contributed by atoms with Crippen LogP contribution < -0.4 is 11.5 Å². The third kappa shape index (κ3) is 3.62. The van der Waals surface area contributed by atoms with E-state index in [2.05, 4.69) is 9.97 Å². The minimum atomic E-state index is -0.846. The fourth-order valence-corrected chi connectivity index (χ4v) is 4.98. The predicted octanol–water partition coefficient (Wildman–Crippen LogP) is 4.21. The van der Waals surface area contributed by atoms with E-state index in [-0.39, 0.29) is 39.8 Å². The summed E-state index contributed by atoms with van der Waals surface area (Å²) in [5.41, 5.74) is 12.9. The standard InChI is InChI=1S/C24H20ClF2N5O2/c25-15-4-5-17(28)21(22(15)27)12-7-13-2-6-19(32(13)20(33)9-12)24-30-10-18(31-24)11-1-3-14(23(29)34)16(26)8-11/h1,3-5,8-10,13,19H,2,6-7,28H2,(H2,29,34)(H,30,31)/t13?,19-/m0/s1. The van der Waals surface area contributed by atoms with Crippen LogP contribution in [0.4, 0.5) is 14.5 Å². The third-order valence-corrected chi connectivity index (χ3v) is 6.71. The molecule has 2 aliphatic heterocycles. The van der Waals surface area contributed by atoms with Gasteiger partial charge < -0.3 is 21.4 Å². The fourth-order valence-electron chi connectivity index (χ4n) is 4.82. The minimum Gasteiger partial charge on any atom is -0.398 e. The Bertz CT molecular complexity index is 1370. The zero-order chi connectivity index (χ0) is 24.1. The number of nitrogens with two attached hydrogens (primary N) is 2. The molecule has 0 radical (unpaired) electrons. The Labute approximate surface area is 198 Å². The van der Waals surface area contributed by atoms with Crippen LogP contribution in [0.5, 0.6) is 0 Å². The molecule has 1 saturated heterocycles. The second-order valence-electron chi connectivity index (χ2n) is 8.43. The number of aromatic nitrogens is 2. The summed E-state index contributed by atoms with van der Waals surface area (Å²) in [7, 11) is 0. The molecule has 174 valence electrons. The van der Waals surface area contributed by atoms with E-state index in [0.29, 0.717) is 41.9 Å². The quantitative estimate of drug-likeness (QED) is 0.482. The molecule has 2 aromatic carbocycles. The van der Waals surface area contributed by atoms with Gasteiger partial charge in [-0.2, -0.15) is 0 Å². The van der Waals surface area contributed by atoms with Crippen molar-refractivity contribution in [3.63, 3.8) is 0 Å². The van der Waals surface area contributed by atoms with Gasteiger partial charge in [0.2, 0.25) is 5.91 Å². The van der Waals surface area contributed by atoms with Crippen molar-refractivity contribution in [2.24, 2.45) is 5.73 Å². The van der Waals surface area contributed by atoms with E-state index >= 15 is 0 Å². The van der Waals surface area contributed by atoms with E-state index in [1.54, 1.807) is 17.2 Å². The molecule has 1 aromatic heterocycles. The van der Waals surface area contributed by atoms with Crippen molar-refractivity contribution in [2.45, 2.75) is 31.3 Å². The van der Waals surface area contributed by atoms with Gasteiger partial charge in [-0.1, -0.05) is 17.7 Å². The number of aromatic amines is 1. The molecule has 0 bridgehead atoms. The Balaban J connectivity index is 1.42. The summed E-state index contributed by atoms with van der Waals surface area (Å²) in [6.07, 6.45) is 4.76. The maximum absolute atomic E-state index is 14.7. The Morgan fingerprint density at radius 3 is 2.74 bits per heavy atom. The first kappa shape index (κ1) is 22.1. The molecule has 3 heterocycles. The van der Waals surface area contributed by atoms with Crippen LogP contribution in [0.2, 0.25) is 5.02 Å². The summed E-state index contributed by atoms with van der Waals surface area (Å²) >= 11 is 5.93. The van der Waals surface area contributed by atoms with Crippen molar-refractivity contribution < 1.29 is 18.4 Å². The summed E-state index contributed by atoms with van der Waals surface area (Å²) in [5, 5.41) is -0.0484. The fraction of sp³-hybridized carbons (Fsp3) is 0.208. The van der Waals surface area contributed by atoms with Crippen molar-refractivity contribution in [1.82, 2.24) is 14.9 Å². The maximum Gasteiger partial charge on any atom is 0.251 e. The van der Waals surface area contributed by atoms with Crippen LogP contribution in [0.15, 0.2) is 42.6 Å². The minimum absolute atomic E-state index is 0.0484. The van der Waals surface area contributed by atoms with Crippen LogP contribution in [0.3, 0.4) is 0 Å². The lowest BCUT2D eigenvalue weighted by Gasteiger charge is -2.33. The van der Waals surface area contributed by atoms with E-state index in [0.717, 1.165) is 0 Å². The van der Waals surface area contributed by atoms with Crippen LogP contribution >= 0.6 is 11.6 Å². The second-order valence-corrected chi connectivity index (χ2v) is 8.84. The number of carbonyl (C=O) groups is 2. The lowest BCUT2D eigenvalue weighted by Crippen LogP contribution is -2.39. The molecule has 2 aliphatic rings. The van der Waals surface area contributed by atoms with Gasteiger partial charge in [0, 0.05) is 28.9 Å². The van der Waals surface area contributed by atoms with Crippen molar-refractivity contribution in [1.29, 1.82) is 0 Å². The summed E-state index contributed by atoms with van der Waals surface area (Å²) in [5.74, 6) is -1.90. The maximum atomic E-state index is 14.7. The largest absolute Gasteiger partial charge is 0.398 e. The van der Waals surface area contributed by atoms with Crippen LogP contribution in [0, 0.1) is 11.6 Å².